The molecule has 3 aromatic rings. The Morgan fingerprint density at radius 1 is 1.00 bits per heavy atom. The smallest absolute Gasteiger partial charge is 0.0879 e. The number of thiol groups is 1. The summed E-state index contributed by atoms with van der Waals surface area (Å²) in [6, 6.07) is 17.2. The molecule has 0 aliphatic carbocycles. The van der Waals surface area contributed by atoms with E-state index in [1.807, 2.05) is 0 Å². The first-order chi connectivity index (χ1) is 10.9. The van der Waals surface area contributed by atoms with Crippen LogP contribution in [0.5, 0.6) is 0 Å². The zero-order valence-electron chi connectivity index (χ0n) is 14.3. The van der Waals surface area contributed by atoms with Gasteiger partial charge in [0.15, 0.2) is 0 Å². The monoisotopic (exact) mass is 324 g/mol. The van der Waals surface area contributed by atoms with Crippen LogP contribution in [0.25, 0.3) is 21.5 Å². The number of hydrogen-bond acceptors (Lipinski definition) is 2. The van der Waals surface area contributed by atoms with Crippen molar-refractivity contribution in [1.29, 1.82) is 0 Å². The molecule has 1 atom stereocenters. The van der Waals surface area contributed by atoms with E-state index in [0.29, 0.717) is 0 Å². The minimum atomic E-state index is -0.300. The van der Waals surface area contributed by atoms with Gasteiger partial charge in [-0.3, -0.25) is 0 Å². The third-order valence-electron chi connectivity index (χ3n) is 4.60. The third-order valence-corrected chi connectivity index (χ3v) is 4.97. The van der Waals surface area contributed by atoms with Gasteiger partial charge in [0.25, 0.3) is 0 Å². The Labute approximate surface area is 144 Å². The van der Waals surface area contributed by atoms with Crippen LogP contribution in [0.1, 0.15) is 39.7 Å². The van der Waals surface area contributed by atoms with Gasteiger partial charge in [0.2, 0.25) is 0 Å². The van der Waals surface area contributed by atoms with Crippen LogP contribution in [0.3, 0.4) is 0 Å². The lowest BCUT2D eigenvalue weighted by Gasteiger charge is -2.30. The van der Waals surface area contributed by atoms with Crippen molar-refractivity contribution in [2.75, 3.05) is 0 Å². The molecule has 1 nitrogen and oxygen atoms in total. The molecule has 0 spiro atoms. The number of hydrogen-bond donors (Lipinski definition) is 1. The van der Waals surface area contributed by atoms with Gasteiger partial charge in [0, 0.05) is 4.90 Å². The molecule has 0 amide bonds. The van der Waals surface area contributed by atoms with Gasteiger partial charge in [0.1, 0.15) is 0 Å². The molecule has 0 N–H and O–H groups in total. The van der Waals surface area contributed by atoms with Crippen molar-refractivity contribution in [1.82, 2.24) is 0 Å². The van der Waals surface area contributed by atoms with Crippen LogP contribution in [0.2, 0.25) is 0 Å². The molecule has 0 saturated carbocycles. The summed E-state index contributed by atoms with van der Waals surface area (Å²) < 4.78 is 6.22. The van der Waals surface area contributed by atoms with Crippen LogP contribution in [-0.4, -0.2) is 6.10 Å². The standard InChI is InChI=1S/C21H24OS/c1-5-14(2)22-21(3,4)16-10-11-17-15(12-16)13-20(23)19-9-7-6-8-18(17)19/h6-14,23H,5H2,1-4H3. The third kappa shape index (κ3) is 3.11. The molecule has 0 aliphatic heterocycles. The van der Waals surface area contributed by atoms with E-state index in [4.69, 9.17) is 4.74 Å². The summed E-state index contributed by atoms with van der Waals surface area (Å²) in [5.41, 5.74) is 0.903. The summed E-state index contributed by atoms with van der Waals surface area (Å²) in [5.74, 6) is 0. The van der Waals surface area contributed by atoms with E-state index in [-0.39, 0.29) is 11.7 Å². The first kappa shape index (κ1) is 16.4. The number of ether oxygens (including phenoxy) is 1. The lowest BCUT2D eigenvalue weighted by molar-refractivity contribution is -0.0691. The van der Waals surface area contributed by atoms with Crippen LogP contribution in [-0.2, 0) is 10.3 Å². The SMILES string of the molecule is CCC(C)OC(C)(C)c1ccc2c(c1)cc(S)c1ccccc12. The largest absolute Gasteiger partial charge is 0.368 e. The summed E-state index contributed by atoms with van der Waals surface area (Å²) >= 11 is 4.67. The fraction of sp³-hybridized carbons (Fsp3) is 0.333. The normalized spacial score (nSPS) is 13.6. The first-order valence-corrected chi connectivity index (χ1v) is 8.70. The number of fused-ring (bicyclic) bond motifs is 3. The minimum Gasteiger partial charge on any atom is -0.368 e. The second-order valence-electron chi connectivity index (χ2n) is 6.72. The quantitative estimate of drug-likeness (QED) is 0.435. The highest BCUT2D eigenvalue weighted by Gasteiger charge is 2.24. The molecule has 0 aromatic heterocycles. The molecular weight excluding hydrogens is 300 g/mol. The topological polar surface area (TPSA) is 9.23 Å². The Balaban J connectivity index is 2.14. The van der Waals surface area contributed by atoms with Crippen molar-refractivity contribution in [3.63, 3.8) is 0 Å². The van der Waals surface area contributed by atoms with E-state index in [0.717, 1.165) is 11.3 Å². The lowest BCUT2D eigenvalue weighted by Crippen LogP contribution is -2.26. The summed E-state index contributed by atoms with van der Waals surface area (Å²) in [5, 5.41) is 4.93. The maximum atomic E-state index is 6.22. The molecule has 0 saturated heterocycles. The van der Waals surface area contributed by atoms with E-state index < -0.39 is 0 Å². The van der Waals surface area contributed by atoms with Crippen LogP contribution in [0.15, 0.2) is 53.4 Å². The molecular formula is C21H24OS. The van der Waals surface area contributed by atoms with Crippen molar-refractivity contribution in [2.24, 2.45) is 0 Å². The van der Waals surface area contributed by atoms with Crippen LogP contribution in [0, 0.1) is 0 Å². The average molecular weight is 324 g/mol. The summed E-state index contributed by atoms with van der Waals surface area (Å²) in [6.07, 6.45) is 1.26. The van der Waals surface area contributed by atoms with Gasteiger partial charge < -0.3 is 4.74 Å². The fourth-order valence-corrected chi connectivity index (χ4v) is 3.46. The fourth-order valence-electron chi connectivity index (χ4n) is 3.12. The van der Waals surface area contributed by atoms with E-state index in [2.05, 4.69) is 88.9 Å². The molecule has 0 bridgehead atoms. The molecule has 2 heteroatoms. The molecule has 0 radical (unpaired) electrons. The Hall–Kier alpha value is -1.51. The molecule has 0 fully saturated rings. The van der Waals surface area contributed by atoms with Gasteiger partial charge in [-0.1, -0.05) is 43.3 Å². The highest BCUT2D eigenvalue weighted by atomic mass is 32.1. The van der Waals surface area contributed by atoms with Crippen molar-refractivity contribution >= 4 is 34.2 Å². The molecule has 0 aliphatic rings. The van der Waals surface area contributed by atoms with Crippen molar-refractivity contribution in [3.8, 4) is 0 Å². The molecule has 1 unspecified atom stereocenters. The average Bonchev–Trinajstić information content (AvgIpc) is 2.54. The Bertz CT molecular complexity index is 851. The second-order valence-corrected chi connectivity index (χ2v) is 7.21. The highest BCUT2D eigenvalue weighted by molar-refractivity contribution is 7.80. The van der Waals surface area contributed by atoms with Gasteiger partial charge >= 0.3 is 0 Å². The number of benzene rings is 3. The number of rotatable bonds is 4. The highest BCUT2D eigenvalue weighted by Crippen LogP contribution is 2.34. The van der Waals surface area contributed by atoms with Crippen molar-refractivity contribution < 1.29 is 4.74 Å². The summed E-state index contributed by atoms with van der Waals surface area (Å²) in [6.45, 7) is 8.56. The molecule has 23 heavy (non-hydrogen) atoms. The van der Waals surface area contributed by atoms with E-state index in [1.54, 1.807) is 0 Å². The Morgan fingerprint density at radius 2 is 1.70 bits per heavy atom. The van der Waals surface area contributed by atoms with Gasteiger partial charge in [-0.05, 0) is 66.4 Å². The Kier molecular flexibility index (Phi) is 4.39. The van der Waals surface area contributed by atoms with E-state index in [9.17, 15) is 0 Å². The van der Waals surface area contributed by atoms with Crippen LogP contribution < -0.4 is 0 Å². The lowest BCUT2D eigenvalue weighted by atomic mass is 9.93. The maximum absolute atomic E-state index is 6.22. The van der Waals surface area contributed by atoms with Crippen LogP contribution >= 0.6 is 12.6 Å². The van der Waals surface area contributed by atoms with Gasteiger partial charge in [0.05, 0.1) is 11.7 Å². The molecule has 3 rings (SSSR count). The Morgan fingerprint density at radius 3 is 2.39 bits per heavy atom. The van der Waals surface area contributed by atoms with E-state index in [1.165, 1.54) is 27.1 Å². The molecule has 120 valence electrons. The van der Waals surface area contributed by atoms with Gasteiger partial charge in [-0.2, -0.15) is 0 Å². The maximum Gasteiger partial charge on any atom is 0.0879 e. The van der Waals surface area contributed by atoms with Gasteiger partial charge in [-0.25, -0.2) is 0 Å². The zero-order valence-corrected chi connectivity index (χ0v) is 15.2. The predicted octanol–water partition coefficient (Wildman–Crippen LogP) is 6.33. The van der Waals surface area contributed by atoms with Gasteiger partial charge in [-0.15, -0.1) is 12.6 Å². The van der Waals surface area contributed by atoms with Crippen molar-refractivity contribution in [3.05, 3.63) is 54.1 Å². The predicted molar refractivity (Wildman–Crippen MR) is 103 cm³/mol. The minimum absolute atomic E-state index is 0.248. The second kappa shape index (κ2) is 6.18. The molecule has 3 aromatic carbocycles. The summed E-state index contributed by atoms with van der Waals surface area (Å²) in [4.78, 5) is 1.02. The first-order valence-electron chi connectivity index (χ1n) is 8.25. The summed E-state index contributed by atoms with van der Waals surface area (Å²) in [7, 11) is 0. The molecule has 0 heterocycles. The zero-order chi connectivity index (χ0) is 16.6. The van der Waals surface area contributed by atoms with E-state index >= 15 is 0 Å². The van der Waals surface area contributed by atoms with Crippen molar-refractivity contribution in [2.45, 2.75) is 50.7 Å². The van der Waals surface area contributed by atoms with Crippen LogP contribution in [0.4, 0.5) is 0 Å².